The number of phenols is 1. The minimum absolute atomic E-state index is 0.0381. The monoisotopic (exact) mass is 494 g/mol. The maximum absolute atomic E-state index is 10.5. The molecule has 0 spiro atoms. The number of hydrogen-bond acceptors (Lipinski definition) is 9. The molecule has 8 N–H and O–H groups in total. The number of methoxy groups -OCH3 is 1. The molecule has 12 heteroatoms. The van der Waals surface area contributed by atoms with E-state index in [0.717, 1.165) is 12.2 Å². The summed E-state index contributed by atoms with van der Waals surface area (Å²) < 4.78 is 5.14. The molecule has 0 unspecified atom stereocenters. The van der Waals surface area contributed by atoms with Gasteiger partial charge in [-0.1, -0.05) is 18.2 Å². The average molecular weight is 494 g/mol. The van der Waals surface area contributed by atoms with Gasteiger partial charge in [0.25, 0.3) is 0 Å². The number of amides is 1. The highest BCUT2D eigenvalue weighted by Gasteiger charge is 2.29. The molecule has 192 valence electrons. The Morgan fingerprint density at radius 3 is 2.06 bits per heavy atom. The second kappa shape index (κ2) is 14.5. The number of benzene rings is 2. The van der Waals surface area contributed by atoms with E-state index in [-0.39, 0.29) is 17.5 Å². The van der Waals surface area contributed by atoms with E-state index in [9.17, 15) is 24.6 Å². The lowest BCUT2D eigenvalue weighted by molar-refractivity contribution is -0.165. The van der Waals surface area contributed by atoms with Crippen molar-refractivity contribution in [3.63, 3.8) is 0 Å². The number of rotatable bonds is 12. The van der Waals surface area contributed by atoms with Crippen LogP contribution in [0.3, 0.4) is 0 Å². The minimum atomic E-state index is -2.27. The van der Waals surface area contributed by atoms with Crippen LogP contribution in [0.15, 0.2) is 42.5 Å². The zero-order valence-electron chi connectivity index (χ0n) is 19.2. The molecule has 2 aromatic rings. The Bertz CT molecular complexity index is 949. The van der Waals surface area contributed by atoms with Gasteiger partial charge in [0.2, 0.25) is 6.41 Å². The summed E-state index contributed by atoms with van der Waals surface area (Å²) in [4.78, 5) is 30.1. The number of phenolic OH excluding ortho intramolecular Hbond substituents is 1. The lowest BCUT2D eigenvalue weighted by Gasteiger charge is -2.18. The third kappa shape index (κ3) is 9.98. The summed E-state index contributed by atoms with van der Waals surface area (Å²) in [5.41, 5.74) is 2.07. The van der Waals surface area contributed by atoms with Gasteiger partial charge in [0, 0.05) is 12.6 Å². The van der Waals surface area contributed by atoms with E-state index >= 15 is 0 Å². The Balaban J connectivity index is 0.000000518. The van der Waals surface area contributed by atoms with Gasteiger partial charge >= 0.3 is 11.9 Å². The van der Waals surface area contributed by atoms with Crippen LogP contribution in [-0.4, -0.2) is 80.9 Å². The van der Waals surface area contributed by atoms with Crippen molar-refractivity contribution in [3.05, 3.63) is 53.6 Å². The number of anilines is 1. The molecule has 0 heterocycles. The van der Waals surface area contributed by atoms with Crippen molar-refractivity contribution in [1.82, 2.24) is 5.32 Å². The van der Waals surface area contributed by atoms with Gasteiger partial charge in [0.1, 0.15) is 11.5 Å². The first-order valence-corrected chi connectivity index (χ1v) is 10.4. The molecule has 2 rings (SSSR count). The highest BCUT2D eigenvalue weighted by Crippen LogP contribution is 2.26. The highest BCUT2D eigenvalue weighted by molar-refractivity contribution is 5.83. The van der Waals surface area contributed by atoms with Gasteiger partial charge in [-0.15, -0.1) is 0 Å². The van der Waals surface area contributed by atoms with E-state index in [1.807, 2.05) is 31.2 Å². The first kappa shape index (κ1) is 29.3. The first-order valence-electron chi connectivity index (χ1n) is 10.4. The normalized spacial score (nSPS) is 13.9. The number of nitrogens with one attached hydrogen (secondary N) is 2. The quantitative estimate of drug-likeness (QED) is 0.147. The van der Waals surface area contributed by atoms with Crippen molar-refractivity contribution >= 4 is 24.0 Å². The molecule has 0 aromatic heterocycles. The summed E-state index contributed by atoms with van der Waals surface area (Å²) >= 11 is 0. The standard InChI is InChI=1S/C19H24N2O4.C4H6O6/c1-13(9-14-3-6-16(25-2)7-4-14)20-11-19(24)15-5-8-18(23)17(10-15)21-12-22;5-1(3(7)8)2(6)4(9)10/h3-8,10,12-13,19-20,23-24H,9,11H2,1-2H3,(H,21,22);1-2,5-6H,(H,7,8)(H,9,10)/t13-,19+;1-,2-/m01/s1. The van der Waals surface area contributed by atoms with Crippen molar-refractivity contribution in [2.45, 2.75) is 37.7 Å². The molecule has 1 amide bonds. The van der Waals surface area contributed by atoms with Crippen molar-refractivity contribution < 1.29 is 49.8 Å². The third-order valence-electron chi connectivity index (χ3n) is 4.79. The van der Waals surface area contributed by atoms with E-state index in [4.69, 9.17) is 25.2 Å². The van der Waals surface area contributed by atoms with E-state index < -0.39 is 30.3 Å². The fraction of sp³-hybridized carbons (Fsp3) is 0.348. The number of ether oxygens (including phenoxy) is 1. The summed E-state index contributed by atoms with van der Waals surface area (Å²) in [5, 5.41) is 58.2. The average Bonchev–Trinajstić information content (AvgIpc) is 2.83. The molecule has 4 atom stereocenters. The Hall–Kier alpha value is -3.71. The van der Waals surface area contributed by atoms with E-state index in [1.165, 1.54) is 11.6 Å². The lowest BCUT2D eigenvalue weighted by atomic mass is 10.1. The Morgan fingerprint density at radius 2 is 1.57 bits per heavy atom. The van der Waals surface area contributed by atoms with Crippen LogP contribution in [0.1, 0.15) is 24.2 Å². The molecule has 35 heavy (non-hydrogen) atoms. The smallest absolute Gasteiger partial charge is 0.335 e. The van der Waals surface area contributed by atoms with Crippen LogP contribution in [0.5, 0.6) is 11.5 Å². The van der Waals surface area contributed by atoms with E-state index in [0.29, 0.717) is 18.5 Å². The minimum Gasteiger partial charge on any atom is -0.506 e. The molecule has 0 saturated carbocycles. The number of carboxylic acid groups (broad SMARTS) is 2. The number of carbonyl (C=O) groups is 3. The van der Waals surface area contributed by atoms with Crippen LogP contribution < -0.4 is 15.4 Å². The Morgan fingerprint density at radius 1 is 1.00 bits per heavy atom. The van der Waals surface area contributed by atoms with Crippen LogP contribution in [0.25, 0.3) is 0 Å². The molecular weight excluding hydrogens is 464 g/mol. The summed E-state index contributed by atoms with van der Waals surface area (Å²) in [6.45, 7) is 2.41. The zero-order valence-corrected chi connectivity index (χ0v) is 19.2. The zero-order chi connectivity index (χ0) is 26.5. The molecule has 2 aromatic carbocycles. The van der Waals surface area contributed by atoms with Crippen LogP contribution in [0.2, 0.25) is 0 Å². The van der Waals surface area contributed by atoms with Gasteiger partial charge in [-0.2, -0.15) is 0 Å². The van der Waals surface area contributed by atoms with Gasteiger partial charge in [-0.05, 0) is 48.7 Å². The van der Waals surface area contributed by atoms with Crippen molar-refractivity contribution in [1.29, 1.82) is 0 Å². The number of aliphatic hydroxyl groups excluding tert-OH is 3. The highest BCUT2D eigenvalue weighted by atomic mass is 16.5. The molecule has 0 aliphatic carbocycles. The summed E-state index contributed by atoms with van der Waals surface area (Å²) in [6, 6.07) is 12.7. The van der Waals surface area contributed by atoms with Crippen LogP contribution >= 0.6 is 0 Å². The van der Waals surface area contributed by atoms with Crippen molar-refractivity contribution in [3.8, 4) is 11.5 Å². The van der Waals surface area contributed by atoms with Gasteiger partial charge in [0.15, 0.2) is 12.2 Å². The topological polar surface area (TPSA) is 206 Å². The van der Waals surface area contributed by atoms with Crippen LogP contribution in [0, 0.1) is 0 Å². The van der Waals surface area contributed by atoms with Crippen LogP contribution in [0.4, 0.5) is 5.69 Å². The molecule has 0 bridgehead atoms. The molecule has 0 saturated heterocycles. The van der Waals surface area contributed by atoms with Gasteiger partial charge < -0.3 is 46.0 Å². The first-order chi connectivity index (χ1) is 16.5. The third-order valence-corrected chi connectivity index (χ3v) is 4.79. The predicted octanol–water partition coefficient (Wildman–Crippen LogP) is 0.101. The summed E-state index contributed by atoms with van der Waals surface area (Å²) in [7, 11) is 1.64. The molecule has 0 fully saturated rings. The number of aliphatic carboxylic acids is 2. The second-order valence-corrected chi connectivity index (χ2v) is 7.48. The Labute approximate surface area is 201 Å². The van der Waals surface area contributed by atoms with Gasteiger partial charge in [-0.3, -0.25) is 4.79 Å². The fourth-order valence-corrected chi connectivity index (χ4v) is 2.83. The summed E-state index contributed by atoms with van der Waals surface area (Å²) in [5.74, 6) is -2.75. The number of hydrogen-bond donors (Lipinski definition) is 8. The largest absolute Gasteiger partial charge is 0.506 e. The maximum atomic E-state index is 10.5. The Kier molecular flexibility index (Phi) is 12.2. The SMILES string of the molecule is COc1ccc(C[C@H](C)NC[C@@H](O)c2ccc(O)c(NC=O)c2)cc1.O=C(O)[C@H](O)[C@@H](O)C(=O)O. The van der Waals surface area contributed by atoms with Crippen molar-refractivity contribution in [2.75, 3.05) is 19.0 Å². The molecule has 0 radical (unpaired) electrons. The van der Waals surface area contributed by atoms with Gasteiger partial charge in [0.05, 0.1) is 18.9 Å². The lowest BCUT2D eigenvalue weighted by Crippen LogP contribution is -2.39. The number of carbonyl (C=O) groups excluding carboxylic acids is 1. The predicted molar refractivity (Wildman–Crippen MR) is 124 cm³/mol. The number of aromatic hydroxyl groups is 1. The van der Waals surface area contributed by atoms with Crippen LogP contribution in [-0.2, 0) is 20.8 Å². The van der Waals surface area contributed by atoms with Gasteiger partial charge in [-0.25, -0.2) is 9.59 Å². The molecule has 0 aliphatic rings. The second-order valence-electron chi connectivity index (χ2n) is 7.48. The van der Waals surface area contributed by atoms with E-state index in [1.54, 1.807) is 19.2 Å². The molecular formula is C23H30N2O10. The molecule has 12 nitrogen and oxygen atoms in total. The maximum Gasteiger partial charge on any atom is 0.335 e. The number of aliphatic hydroxyl groups is 3. The number of carboxylic acids is 2. The summed E-state index contributed by atoms with van der Waals surface area (Å²) in [6.07, 6.45) is -3.97. The van der Waals surface area contributed by atoms with E-state index in [2.05, 4.69) is 10.6 Å². The van der Waals surface area contributed by atoms with Crippen molar-refractivity contribution in [2.24, 2.45) is 0 Å². The fourth-order valence-electron chi connectivity index (χ4n) is 2.83. The molecule has 0 aliphatic heterocycles.